The normalized spacial score (nSPS) is 10.5. The Balaban J connectivity index is 2.07. The maximum Gasteiger partial charge on any atom is 0.242 e. The van der Waals surface area contributed by atoms with Crippen molar-refractivity contribution in [3.05, 3.63) is 41.7 Å². The summed E-state index contributed by atoms with van der Waals surface area (Å²) in [6, 6.07) is 10.3. The average molecular weight is 300 g/mol. The number of nitrogen functional groups attached to an aromatic ring is 1. The molecule has 0 aliphatic heterocycles. The highest BCUT2D eigenvalue weighted by atomic mass is 16.5. The molecule has 118 valence electrons. The van der Waals surface area contributed by atoms with E-state index < -0.39 is 0 Å². The fourth-order valence-corrected chi connectivity index (χ4v) is 2.18. The molecule has 2 aromatic rings. The predicted molar refractivity (Wildman–Crippen MR) is 90.2 cm³/mol. The largest absolute Gasteiger partial charge is 0.476 e. The van der Waals surface area contributed by atoms with Crippen molar-refractivity contribution in [2.45, 2.75) is 33.1 Å². The number of benzene rings is 1. The topological polar surface area (TPSA) is 73.1 Å². The standard InChI is InChI=1S/C17H24N4O/c1-3-8-14-20-16(15(18)17(21-14)22-4-2)19-12-11-13-9-6-5-7-10-13/h5-7,9-10H,3-4,8,11-12,18H2,1-2H3,(H,19,20,21). The second kappa shape index (κ2) is 8.22. The second-order valence-corrected chi connectivity index (χ2v) is 5.05. The van der Waals surface area contributed by atoms with Gasteiger partial charge in [-0.15, -0.1) is 0 Å². The van der Waals surface area contributed by atoms with E-state index in [1.807, 2.05) is 25.1 Å². The molecule has 5 heteroatoms. The molecule has 1 heterocycles. The van der Waals surface area contributed by atoms with Crippen molar-refractivity contribution < 1.29 is 4.74 Å². The van der Waals surface area contributed by atoms with Gasteiger partial charge in [-0.3, -0.25) is 0 Å². The van der Waals surface area contributed by atoms with Crippen molar-refractivity contribution in [3.63, 3.8) is 0 Å². The zero-order valence-corrected chi connectivity index (χ0v) is 13.3. The number of aromatic nitrogens is 2. The number of hydrogen-bond donors (Lipinski definition) is 2. The molecule has 3 N–H and O–H groups in total. The van der Waals surface area contributed by atoms with Crippen molar-refractivity contribution in [2.24, 2.45) is 0 Å². The van der Waals surface area contributed by atoms with Crippen LogP contribution in [0.1, 0.15) is 31.7 Å². The maximum absolute atomic E-state index is 6.10. The summed E-state index contributed by atoms with van der Waals surface area (Å²) in [6.07, 6.45) is 2.71. The van der Waals surface area contributed by atoms with Gasteiger partial charge in [0.15, 0.2) is 5.82 Å². The monoisotopic (exact) mass is 300 g/mol. The van der Waals surface area contributed by atoms with E-state index in [1.54, 1.807) is 0 Å². The molecule has 22 heavy (non-hydrogen) atoms. The molecule has 0 radical (unpaired) electrons. The Morgan fingerprint density at radius 1 is 1.09 bits per heavy atom. The van der Waals surface area contributed by atoms with E-state index in [4.69, 9.17) is 10.5 Å². The first-order valence-corrected chi connectivity index (χ1v) is 7.81. The number of ether oxygens (including phenoxy) is 1. The van der Waals surface area contributed by atoms with E-state index in [0.717, 1.165) is 31.6 Å². The average Bonchev–Trinajstić information content (AvgIpc) is 2.53. The molecule has 0 saturated carbocycles. The predicted octanol–water partition coefficient (Wildman–Crippen LogP) is 3.06. The van der Waals surface area contributed by atoms with Crippen molar-refractivity contribution in [1.82, 2.24) is 9.97 Å². The molecule has 0 spiro atoms. The smallest absolute Gasteiger partial charge is 0.242 e. The van der Waals surface area contributed by atoms with Gasteiger partial charge >= 0.3 is 0 Å². The highest BCUT2D eigenvalue weighted by Gasteiger charge is 2.12. The first-order chi connectivity index (χ1) is 10.7. The van der Waals surface area contributed by atoms with Gasteiger partial charge in [-0.25, -0.2) is 4.98 Å². The summed E-state index contributed by atoms with van der Waals surface area (Å²) in [7, 11) is 0. The number of nitrogens with zero attached hydrogens (tertiary/aromatic N) is 2. The number of nitrogens with one attached hydrogen (secondary N) is 1. The van der Waals surface area contributed by atoms with Gasteiger partial charge in [0.2, 0.25) is 5.88 Å². The molecule has 0 aliphatic rings. The van der Waals surface area contributed by atoms with Gasteiger partial charge in [0.05, 0.1) is 6.61 Å². The van der Waals surface area contributed by atoms with Crippen LogP contribution >= 0.6 is 0 Å². The minimum absolute atomic E-state index is 0.475. The Labute approximate surface area is 131 Å². The molecule has 5 nitrogen and oxygen atoms in total. The minimum Gasteiger partial charge on any atom is -0.476 e. The van der Waals surface area contributed by atoms with Crippen LogP contribution in [-0.2, 0) is 12.8 Å². The first-order valence-electron chi connectivity index (χ1n) is 7.81. The van der Waals surface area contributed by atoms with E-state index in [-0.39, 0.29) is 0 Å². The van der Waals surface area contributed by atoms with Gasteiger partial charge in [-0.05, 0) is 25.3 Å². The van der Waals surface area contributed by atoms with Crippen LogP contribution in [0.15, 0.2) is 30.3 Å². The van der Waals surface area contributed by atoms with Crippen LogP contribution in [0.3, 0.4) is 0 Å². The van der Waals surface area contributed by atoms with E-state index in [1.165, 1.54) is 5.56 Å². The van der Waals surface area contributed by atoms with Crippen LogP contribution in [0.5, 0.6) is 5.88 Å². The first kappa shape index (κ1) is 16.1. The minimum atomic E-state index is 0.475. The van der Waals surface area contributed by atoms with E-state index in [0.29, 0.717) is 24.0 Å². The van der Waals surface area contributed by atoms with Gasteiger partial charge in [-0.2, -0.15) is 4.98 Å². The number of hydrogen-bond acceptors (Lipinski definition) is 5. The number of anilines is 2. The summed E-state index contributed by atoms with van der Waals surface area (Å²) in [5.41, 5.74) is 7.86. The SMILES string of the molecule is CCCc1nc(NCCc2ccccc2)c(N)c(OCC)n1. The Morgan fingerprint density at radius 2 is 1.86 bits per heavy atom. The van der Waals surface area contributed by atoms with Crippen LogP contribution < -0.4 is 15.8 Å². The molecule has 0 bridgehead atoms. The molecule has 0 unspecified atom stereocenters. The van der Waals surface area contributed by atoms with Gasteiger partial charge < -0.3 is 15.8 Å². The van der Waals surface area contributed by atoms with Crippen LogP contribution in [0, 0.1) is 0 Å². The summed E-state index contributed by atoms with van der Waals surface area (Å²) >= 11 is 0. The van der Waals surface area contributed by atoms with Crippen molar-refractivity contribution in [1.29, 1.82) is 0 Å². The van der Waals surface area contributed by atoms with Gasteiger partial charge in [0.25, 0.3) is 0 Å². The molecular weight excluding hydrogens is 276 g/mol. The van der Waals surface area contributed by atoms with E-state index in [9.17, 15) is 0 Å². The number of rotatable bonds is 8. The molecule has 1 aromatic carbocycles. The fourth-order valence-electron chi connectivity index (χ4n) is 2.18. The van der Waals surface area contributed by atoms with Crippen molar-refractivity contribution in [2.75, 3.05) is 24.2 Å². The highest BCUT2D eigenvalue weighted by molar-refractivity contribution is 5.67. The fraction of sp³-hybridized carbons (Fsp3) is 0.412. The molecule has 0 amide bonds. The Morgan fingerprint density at radius 3 is 2.55 bits per heavy atom. The molecular formula is C17H24N4O. The van der Waals surface area contributed by atoms with Crippen LogP contribution in [0.25, 0.3) is 0 Å². The van der Waals surface area contributed by atoms with E-state index >= 15 is 0 Å². The third kappa shape index (κ3) is 4.35. The van der Waals surface area contributed by atoms with Crippen molar-refractivity contribution in [3.8, 4) is 5.88 Å². The Hall–Kier alpha value is -2.30. The number of aryl methyl sites for hydroxylation is 1. The van der Waals surface area contributed by atoms with E-state index in [2.05, 4.69) is 34.3 Å². The molecule has 0 fully saturated rings. The maximum atomic E-state index is 6.10. The Kier molecular flexibility index (Phi) is 6.01. The summed E-state index contributed by atoms with van der Waals surface area (Å²) in [5, 5.41) is 3.30. The summed E-state index contributed by atoms with van der Waals surface area (Å²) in [4.78, 5) is 8.89. The quantitative estimate of drug-likeness (QED) is 0.784. The third-order valence-electron chi connectivity index (χ3n) is 3.26. The molecule has 0 atom stereocenters. The summed E-state index contributed by atoms with van der Waals surface area (Å²) in [6.45, 7) is 5.32. The van der Waals surface area contributed by atoms with Gasteiger partial charge in [-0.1, -0.05) is 37.3 Å². The summed E-state index contributed by atoms with van der Waals surface area (Å²) in [5.74, 6) is 1.91. The third-order valence-corrected chi connectivity index (χ3v) is 3.26. The van der Waals surface area contributed by atoms with Crippen LogP contribution in [0.4, 0.5) is 11.5 Å². The second-order valence-electron chi connectivity index (χ2n) is 5.05. The lowest BCUT2D eigenvalue weighted by Gasteiger charge is -2.13. The van der Waals surface area contributed by atoms with Crippen LogP contribution in [-0.4, -0.2) is 23.1 Å². The molecule has 0 saturated heterocycles. The zero-order chi connectivity index (χ0) is 15.8. The number of nitrogens with two attached hydrogens (primary N) is 1. The molecule has 0 aliphatic carbocycles. The lowest BCUT2D eigenvalue weighted by molar-refractivity contribution is 0.327. The Bertz CT molecular complexity index is 587. The van der Waals surface area contributed by atoms with Gasteiger partial charge in [0, 0.05) is 13.0 Å². The van der Waals surface area contributed by atoms with Crippen molar-refractivity contribution >= 4 is 11.5 Å². The summed E-state index contributed by atoms with van der Waals surface area (Å²) < 4.78 is 5.51. The van der Waals surface area contributed by atoms with Gasteiger partial charge in [0.1, 0.15) is 11.5 Å². The van der Waals surface area contributed by atoms with Crippen LogP contribution in [0.2, 0.25) is 0 Å². The lowest BCUT2D eigenvalue weighted by atomic mass is 10.1. The lowest BCUT2D eigenvalue weighted by Crippen LogP contribution is -2.12. The zero-order valence-electron chi connectivity index (χ0n) is 13.3. The molecule has 2 rings (SSSR count). The highest BCUT2D eigenvalue weighted by Crippen LogP contribution is 2.26. The molecule has 1 aromatic heterocycles.